The Morgan fingerprint density at radius 3 is 2.33 bits per heavy atom. The topological polar surface area (TPSA) is 91.9 Å². The van der Waals surface area contributed by atoms with Crippen molar-refractivity contribution in [3.8, 4) is 33.9 Å². The van der Waals surface area contributed by atoms with Crippen molar-refractivity contribution in [3.63, 3.8) is 0 Å². The monoisotopic (exact) mass is 485 g/mol. The summed E-state index contributed by atoms with van der Waals surface area (Å²) < 4.78 is 16.4. The van der Waals surface area contributed by atoms with Gasteiger partial charge < -0.3 is 13.9 Å². The molecule has 184 valence electrons. The second kappa shape index (κ2) is 11.8. The van der Waals surface area contributed by atoms with E-state index < -0.39 is 0 Å². The summed E-state index contributed by atoms with van der Waals surface area (Å²) in [7, 11) is 0. The second-order valence-corrected chi connectivity index (χ2v) is 8.07. The van der Waals surface area contributed by atoms with Crippen LogP contribution in [-0.2, 0) is 4.79 Å². The first-order valence-electron chi connectivity index (χ1n) is 12.0. The van der Waals surface area contributed by atoms with Gasteiger partial charge in [-0.05, 0) is 49.7 Å². The van der Waals surface area contributed by atoms with E-state index >= 15 is 0 Å². The van der Waals surface area contributed by atoms with Crippen LogP contribution in [-0.4, -0.2) is 24.9 Å². The van der Waals surface area contributed by atoms with Gasteiger partial charge in [-0.2, -0.15) is 0 Å². The largest absolute Gasteiger partial charge is 0.490 e. The molecule has 0 saturated heterocycles. The zero-order valence-corrected chi connectivity index (χ0v) is 20.4. The van der Waals surface area contributed by atoms with Gasteiger partial charge in [-0.1, -0.05) is 30.3 Å². The van der Waals surface area contributed by atoms with E-state index in [0.717, 1.165) is 22.4 Å². The summed E-state index contributed by atoms with van der Waals surface area (Å²) in [5.74, 6) is 1.24. The molecule has 0 aliphatic carbocycles. The van der Waals surface area contributed by atoms with Crippen LogP contribution in [0.5, 0.6) is 11.5 Å². The van der Waals surface area contributed by atoms with Crippen LogP contribution < -0.4 is 19.8 Å². The number of nitrogens with one attached hydrogen (secondary N) is 2. The van der Waals surface area contributed by atoms with E-state index in [1.165, 1.54) is 0 Å². The van der Waals surface area contributed by atoms with Crippen LogP contribution >= 0.6 is 0 Å². The van der Waals surface area contributed by atoms with E-state index in [0.29, 0.717) is 36.1 Å². The number of anilines is 1. The predicted octanol–water partition coefficient (Wildman–Crippen LogP) is 5.83. The highest BCUT2D eigenvalue weighted by Crippen LogP contribution is 2.29. The molecule has 7 nitrogen and oxygen atoms in total. The Morgan fingerprint density at radius 1 is 0.833 bits per heavy atom. The van der Waals surface area contributed by atoms with Crippen LogP contribution in [0.2, 0.25) is 0 Å². The van der Waals surface area contributed by atoms with Crippen LogP contribution in [0.4, 0.5) is 5.82 Å². The molecular weight excluding hydrogens is 456 g/mol. The number of H-pyrrole nitrogens is 1. The van der Waals surface area contributed by atoms with Crippen molar-refractivity contribution >= 4 is 17.5 Å². The van der Waals surface area contributed by atoms with Crippen molar-refractivity contribution in [2.75, 3.05) is 18.5 Å². The van der Waals surface area contributed by atoms with E-state index in [-0.39, 0.29) is 24.5 Å². The number of rotatable bonds is 11. The molecule has 1 amide bonds. The molecule has 0 atom stereocenters. The highest BCUT2D eigenvalue weighted by Gasteiger charge is 2.18. The van der Waals surface area contributed by atoms with Crippen molar-refractivity contribution < 1.29 is 28.5 Å². The number of carbonyl (C=O) groups is 2. The summed E-state index contributed by atoms with van der Waals surface area (Å²) in [5, 5.41) is 2.90. The minimum Gasteiger partial charge on any atom is -0.490 e. The molecule has 7 heteroatoms. The molecule has 0 aliphatic heterocycles. The Morgan fingerprint density at radius 2 is 1.61 bits per heavy atom. The Labute approximate surface area is 210 Å². The predicted molar refractivity (Wildman–Crippen MR) is 137 cm³/mol. The molecule has 2 aromatic heterocycles. The lowest BCUT2D eigenvalue weighted by atomic mass is 10.0. The van der Waals surface area contributed by atoms with Gasteiger partial charge in [0.2, 0.25) is 0 Å². The van der Waals surface area contributed by atoms with Gasteiger partial charge >= 0.3 is 5.91 Å². The van der Waals surface area contributed by atoms with Gasteiger partial charge in [0.05, 0.1) is 32.2 Å². The zero-order valence-electron chi connectivity index (χ0n) is 20.4. The number of ketones is 1. The lowest BCUT2D eigenvalue weighted by Crippen LogP contribution is -2.21. The number of hydrogen-bond acceptors (Lipinski definition) is 5. The molecule has 0 bridgehead atoms. The third-order valence-electron chi connectivity index (χ3n) is 5.53. The van der Waals surface area contributed by atoms with Crippen molar-refractivity contribution in [1.82, 2.24) is 0 Å². The Hall–Kier alpha value is -4.39. The SMILES string of the molecule is CCOc1ccc(C(=O)CCC(=O)Nc2cc(-c3ccoc3)cc(-c3ccccc3)[nH+]2)cc1OCC. The minimum atomic E-state index is -0.265. The third-order valence-corrected chi connectivity index (χ3v) is 5.53. The summed E-state index contributed by atoms with van der Waals surface area (Å²) in [5.41, 5.74) is 4.10. The van der Waals surface area contributed by atoms with Crippen molar-refractivity contribution in [2.24, 2.45) is 0 Å². The van der Waals surface area contributed by atoms with Crippen LogP contribution in [0, 0.1) is 0 Å². The summed E-state index contributed by atoms with van der Waals surface area (Å²) >= 11 is 0. The molecule has 2 heterocycles. The van der Waals surface area contributed by atoms with Crippen LogP contribution in [0.25, 0.3) is 22.4 Å². The lowest BCUT2D eigenvalue weighted by Gasteiger charge is -2.12. The molecule has 0 spiro atoms. The highest BCUT2D eigenvalue weighted by molar-refractivity contribution is 6.00. The number of pyridine rings is 1. The minimum absolute atomic E-state index is 0.0421. The smallest absolute Gasteiger partial charge is 0.307 e. The van der Waals surface area contributed by atoms with Gasteiger partial charge in [-0.3, -0.25) is 4.79 Å². The first-order chi connectivity index (χ1) is 17.6. The summed E-state index contributed by atoms with van der Waals surface area (Å²) in [6, 6.07) is 20.6. The number of hydrogen-bond donors (Lipinski definition) is 1. The maximum atomic E-state index is 12.8. The van der Waals surface area contributed by atoms with Gasteiger partial charge in [-0.25, -0.2) is 15.1 Å². The molecular formula is C29H29N2O5+. The van der Waals surface area contributed by atoms with Gasteiger partial charge in [0.25, 0.3) is 5.82 Å². The Bertz CT molecular complexity index is 1320. The number of aromatic nitrogens is 1. The number of amides is 1. The van der Waals surface area contributed by atoms with Gasteiger partial charge in [-0.15, -0.1) is 0 Å². The van der Waals surface area contributed by atoms with Gasteiger partial charge in [0.15, 0.2) is 17.3 Å². The highest BCUT2D eigenvalue weighted by atomic mass is 16.5. The average molecular weight is 486 g/mol. The van der Waals surface area contributed by atoms with Crippen LogP contribution in [0.1, 0.15) is 37.0 Å². The molecule has 0 fully saturated rings. The maximum absolute atomic E-state index is 12.8. The van der Waals surface area contributed by atoms with E-state index in [4.69, 9.17) is 13.9 Å². The molecule has 0 saturated carbocycles. The molecule has 2 N–H and O–H groups in total. The van der Waals surface area contributed by atoms with E-state index in [2.05, 4.69) is 10.3 Å². The van der Waals surface area contributed by atoms with Gasteiger partial charge in [0, 0.05) is 29.2 Å². The first-order valence-corrected chi connectivity index (χ1v) is 12.0. The molecule has 36 heavy (non-hydrogen) atoms. The van der Waals surface area contributed by atoms with Crippen molar-refractivity contribution in [2.45, 2.75) is 26.7 Å². The molecule has 0 radical (unpaired) electrons. The summed E-state index contributed by atoms with van der Waals surface area (Å²) in [4.78, 5) is 28.8. The molecule has 4 aromatic rings. The average Bonchev–Trinajstić information content (AvgIpc) is 3.44. The molecule has 0 unspecified atom stereocenters. The number of carbonyl (C=O) groups excluding carboxylic acids is 2. The third kappa shape index (κ3) is 6.18. The number of Topliss-reactive ketones (excluding diaryl/α,β-unsaturated/α-hetero) is 1. The number of benzene rings is 2. The van der Waals surface area contributed by atoms with Crippen molar-refractivity contribution in [3.05, 3.63) is 84.8 Å². The van der Waals surface area contributed by atoms with Crippen LogP contribution in [0.15, 0.2) is 83.7 Å². The van der Waals surface area contributed by atoms with E-state index in [1.807, 2.05) is 62.4 Å². The summed E-state index contributed by atoms with van der Waals surface area (Å²) in [6.45, 7) is 4.71. The molecule has 4 rings (SSSR count). The fourth-order valence-corrected chi connectivity index (χ4v) is 3.81. The standard InChI is InChI=1S/C29H28N2O5/c1-3-35-26-12-10-21(17-27(26)36-4-2)25(32)11-13-29(33)31-28-18-23(22-14-15-34-19-22)16-24(30-28)20-8-6-5-7-9-20/h5-10,12,14-19H,3-4,11,13H2,1-2H3,(H,30,31,33)/p+1. The first kappa shape index (κ1) is 24.7. The molecule has 0 aliphatic rings. The fraction of sp³-hybridized carbons (Fsp3) is 0.207. The zero-order chi connectivity index (χ0) is 25.3. The Kier molecular flexibility index (Phi) is 8.13. The number of aromatic amines is 1. The van der Waals surface area contributed by atoms with E-state index in [9.17, 15) is 9.59 Å². The molecule has 2 aromatic carbocycles. The maximum Gasteiger partial charge on any atom is 0.307 e. The normalized spacial score (nSPS) is 10.6. The van der Waals surface area contributed by atoms with Crippen LogP contribution in [0.3, 0.4) is 0 Å². The quantitative estimate of drug-likeness (QED) is 0.270. The number of ether oxygens (including phenoxy) is 2. The lowest BCUT2D eigenvalue weighted by molar-refractivity contribution is -0.347. The van der Waals surface area contributed by atoms with E-state index in [1.54, 1.807) is 30.7 Å². The fourth-order valence-electron chi connectivity index (χ4n) is 3.81. The summed E-state index contributed by atoms with van der Waals surface area (Å²) in [6.07, 6.45) is 3.37. The number of furan rings is 1. The van der Waals surface area contributed by atoms with Gasteiger partial charge in [0.1, 0.15) is 5.69 Å². The Balaban J connectivity index is 1.46. The second-order valence-electron chi connectivity index (χ2n) is 8.07. The van der Waals surface area contributed by atoms with Crippen molar-refractivity contribution in [1.29, 1.82) is 0 Å².